The fourth-order valence-corrected chi connectivity index (χ4v) is 3.15. The lowest BCUT2D eigenvalue weighted by atomic mass is 9.90. The Bertz CT molecular complexity index is 532. The van der Waals surface area contributed by atoms with Crippen LogP contribution in [0.5, 0.6) is 0 Å². The number of carboxylic acids is 1. The molecule has 20 heavy (non-hydrogen) atoms. The zero-order chi connectivity index (χ0) is 14.8. The SMILES string of the molecule is CCCC1(C(=O)O)CCCN1C(=O)c1cccc(Cl)c1. The van der Waals surface area contributed by atoms with Gasteiger partial charge in [0.05, 0.1) is 0 Å². The fraction of sp³-hybridized carbons (Fsp3) is 0.467. The highest BCUT2D eigenvalue weighted by molar-refractivity contribution is 6.31. The Morgan fingerprint density at radius 3 is 2.80 bits per heavy atom. The van der Waals surface area contributed by atoms with Crippen LogP contribution in [0.15, 0.2) is 24.3 Å². The summed E-state index contributed by atoms with van der Waals surface area (Å²) in [4.78, 5) is 25.8. The van der Waals surface area contributed by atoms with Crippen LogP contribution in [0.25, 0.3) is 0 Å². The van der Waals surface area contributed by atoms with E-state index in [0.29, 0.717) is 30.0 Å². The molecule has 1 unspecified atom stereocenters. The number of carbonyl (C=O) groups is 2. The number of carboxylic acid groups (broad SMARTS) is 1. The van der Waals surface area contributed by atoms with E-state index in [1.54, 1.807) is 24.3 Å². The Kier molecular flexibility index (Phi) is 4.33. The molecule has 1 atom stereocenters. The van der Waals surface area contributed by atoms with E-state index in [4.69, 9.17) is 11.6 Å². The number of likely N-dealkylation sites (tertiary alicyclic amines) is 1. The summed E-state index contributed by atoms with van der Waals surface area (Å²) >= 11 is 5.90. The first kappa shape index (κ1) is 14.9. The minimum absolute atomic E-state index is 0.249. The Morgan fingerprint density at radius 1 is 1.45 bits per heavy atom. The molecule has 1 heterocycles. The summed E-state index contributed by atoms with van der Waals surface area (Å²) in [6.45, 7) is 2.42. The first-order chi connectivity index (χ1) is 9.51. The summed E-state index contributed by atoms with van der Waals surface area (Å²) in [7, 11) is 0. The van der Waals surface area contributed by atoms with Gasteiger partial charge in [-0.2, -0.15) is 0 Å². The van der Waals surface area contributed by atoms with E-state index in [1.807, 2.05) is 6.92 Å². The summed E-state index contributed by atoms with van der Waals surface area (Å²) in [5.74, 6) is -1.16. The van der Waals surface area contributed by atoms with Gasteiger partial charge in [-0.1, -0.05) is 31.0 Å². The largest absolute Gasteiger partial charge is 0.479 e. The molecule has 0 spiro atoms. The van der Waals surface area contributed by atoms with Crippen molar-refractivity contribution in [2.24, 2.45) is 0 Å². The van der Waals surface area contributed by atoms with Crippen LogP contribution < -0.4 is 0 Å². The van der Waals surface area contributed by atoms with Crippen LogP contribution in [-0.4, -0.2) is 34.0 Å². The molecule has 1 aromatic carbocycles. The second kappa shape index (κ2) is 5.83. The molecule has 1 aliphatic rings. The Hall–Kier alpha value is -1.55. The van der Waals surface area contributed by atoms with Crippen molar-refractivity contribution < 1.29 is 14.7 Å². The number of rotatable bonds is 4. The van der Waals surface area contributed by atoms with Crippen LogP contribution in [0.3, 0.4) is 0 Å². The van der Waals surface area contributed by atoms with Crippen molar-refractivity contribution in [3.8, 4) is 0 Å². The van der Waals surface area contributed by atoms with Gasteiger partial charge in [0.15, 0.2) is 0 Å². The second-order valence-electron chi connectivity index (χ2n) is 5.16. The Morgan fingerprint density at radius 2 is 2.20 bits per heavy atom. The van der Waals surface area contributed by atoms with Crippen LogP contribution in [0.1, 0.15) is 43.0 Å². The molecule has 0 aromatic heterocycles. The fourth-order valence-electron chi connectivity index (χ4n) is 2.95. The van der Waals surface area contributed by atoms with Gasteiger partial charge in [-0.05, 0) is 37.5 Å². The van der Waals surface area contributed by atoms with Gasteiger partial charge in [-0.25, -0.2) is 4.79 Å². The molecule has 1 aliphatic heterocycles. The lowest BCUT2D eigenvalue weighted by Crippen LogP contribution is -2.53. The van der Waals surface area contributed by atoms with E-state index in [0.717, 1.165) is 12.8 Å². The highest BCUT2D eigenvalue weighted by atomic mass is 35.5. The predicted molar refractivity (Wildman–Crippen MR) is 77.0 cm³/mol. The Balaban J connectivity index is 2.34. The summed E-state index contributed by atoms with van der Waals surface area (Å²) in [5.41, 5.74) is -0.616. The number of halogens is 1. The van der Waals surface area contributed by atoms with E-state index in [1.165, 1.54) is 4.90 Å². The summed E-state index contributed by atoms with van der Waals surface area (Å²) in [6, 6.07) is 6.65. The number of carbonyl (C=O) groups excluding carboxylic acids is 1. The average Bonchev–Trinajstić information content (AvgIpc) is 2.83. The van der Waals surface area contributed by atoms with Gasteiger partial charge in [0.1, 0.15) is 5.54 Å². The van der Waals surface area contributed by atoms with Gasteiger partial charge in [0.25, 0.3) is 5.91 Å². The van der Waals surface area contributed by atoms with Gasteiger partial charge in [0, 0.05) is 17.1 Å². The molecule has 5 heteroatoms. The zero-order valence-electron chi connectivity index (χ0n) is 11.4. The third-order valence-electron chi connectivity index (χ3n) is 3.87. The van der Waals surface area contributed by atoms with Crippen molar-refractivity contribution in [3.63, 3.8) is 0 Å². The Labute approximate surface area is 123 Å². The van der Waals surface area contributed by atoms with E-state index in [2.05, 4.69) is 0 Å². The molecule has 0 saturated carbocycles. The van der Waals surface area contributed by atoms with E-state index in [9.17, 15) is 14.7 Å². The number of benzene rings is 1. The van der Waals surface area contributed by atoms with Gasteiger partial charge in [-0.3, -0.25) is 4.79 Å². The van der Waals surface area contributed by atoms with Gasteiger partial charge >= 0.3 is 5.97 Å². The maximum absolute atomic E-state index is 12.6. The van der Waals surface area contributed by atoms with Crippen molar-refractivity contribution in [1.82, 2.24) is 4.90 Å². The third-order valence-corrected chi connectivity index (χ3v) is 4.10. The number of aliphatic carboxylic acids is 1. The molecule has 1 amide bonds. The van der Waals surface area contributed by atoms with E-state index < -0.39 is 11.5 Å². The summed E-state index contributed by atoms with van der Waals surface area (Å²) in [5, 5.41) is 10.1. The molecule has 0 bridgehead atoms. The average molecular weight is 296 g/mol. The maximum atomic E-state index is 12.6. The minimum atomic E-state index is -1.06. The van der Waals surface area contributed by atoms with Crippen molar-refractivity contribution in [1.29, 1.82) is 0 Å². The number of nitrogens with zero attached hydrogens (tertiary/aromatic N) is 1. The molecular weight excluding hydrogens is 278 g/mol. The molecule has 0 radical (unpaired) electrons. The summed E-state index contributed by atoms with van der Waals surface area (Å²) < 4.78 is 0. The third kappa shape index (κ3) is 2.52. The predicted octanol–water partition coefficient (Wildman–Crippen LogP) is 3.20. The number of hydrogen-bond donors (Lipinski definition) is 1. The quantitative estimate of drug-likeness (QED) is 0.928. The van der Waals surface area contributed by atoms with Crippen LogP contribution in [0.4, 0.5) is 0 Å². The molecule has 1 aromatic rings. The van der Waals surface area contributed by atoms with Crippen molar-refractivity contribution in [2.45, 2.75) is 38.1 Å². The smallest absolute Gasteiger partial charge is 0.329 e. The topological polar surface area (TPSA) is 57.6 Å². The van der Waals surface area contributed by atoms with Crippen molar-refractivity contribution in [2.75, 3.05) is 6.54 Å². The molecule has 1 N–H and O–H groups in total. The molecular formula is C15H18ClNO3. The van der Waals surface area contributed by atoms with Crippen molar-refractivity contribution >= 4 is 23.5 Å². The lowest BCUT2D eigenvalue weighted by molar-refractivity contribution is -0.148. The van der Waals surface area contributed by atoms with Crippen molar-refractivity contribution in [3.05, 3.63) is 34.9 Å². The molecule has 2 rings (SSSR count). The normalized spacial score (nSPS) is 22.0. The first-order valence-corrected chi connectivity index (χ1v) is 7.20. The van der Waals surface area contributed by atoms with E-state index in [-0.39, 0.29) is 5.91 Å². The molecule has 1 fully saturated rings. The van der Waals surface area contributed by atoms with Crippen LogP contribution >= 0.6 is 11.6 Å². The highest BCUT2D eigenvalue weighted by Crippen LogP contribution is 2.35. The number of hydrogen-bond acceptors (Lipinski definition) is 2. The van der Waals surface area contributed by atoms with Crippen LogP contribution in [0.2, 0.25) is 5.02 Å². The molecule has 108 valence electrons. The van der Waals surface area contributed by atoms with Crippen LogP contribution in [0, 0.1) is 0 Å². The van der Waals surface area contributed by atoms with Gasteiger partial charge < -0.3 is 10.0 Å². The molecule has 1 saturated heterocycles. The maximum Gasteiger partial charge on any atom is 0.329 e. The van der Waals surface area contributed by atoms with Crippen LogP contribution in [-0.2, 0) is 4.79 Å². The minimum Gasteiger partial charge on any atom is -0.479 e. The van der Waals surface area contributed by atoms with E-state index >= 15 is 0 Å². The molecule has 0 aliphatic carbocycles. The second-order valence-corrected chi connectivity index (χ2v) is 5.59. The monoisotopic (exact) mass is 295 g/mol. The first-order valence-electron chi connectivity index (χ1n) is 6.82. The standard InChI is InChI=1S/C15H18ClNO3/c1-2-7-15(14(19)20)8-4-9-17(15)13(18)11-5-3-6-12(16)10-11/h3,5-6,10H,2,4,7-9H2,1H3,(H,19,20). The highest BCUT2D eigenvalue weighted by Gasteiger charge is 2.49. The molecule has 4 nitrogen and oxygen atoms in total. The van der Waals surface area contributed by atoms with Gasteiger partial charge in [0.2, 0.25) is 0 Å². The summed E-state index contributed by atoms with van der Waals surface area (Å²) in [6.07, 6.45) is 2.45. The number of amides is 1. The van der Waals surface area contributed by atoms with Gasteiger partial charge in [-0.15, -0.1) is 0 Å². The zero-order valence-corrected chi connectivity index (χ0v) is 12.2. The lowest BCUT2D eigenvalue weighted by Gasteiger charge is -2.34.